The maximum Gasteiger partial charge on any atom is 0.0651 e. The van der Waals surface area contributed by atoms with E-state index >= 15 is 0 Å². The molecule has 1 aromatic carbocycles. The van der Waals surface area contributed by atoms with Crippen LogP contribution in [0, 0.1) is 0 Å². The SMILES string of the molecule is NCCNc1ccc2[nH]ncc2c1. The zero-order chi connectivity index (χ0) is 9.10. The molecule has 2 aromatic rings. The van der Waals surface area contributed by atoms with Gasteiger partial charge in [0, 0.05) is 24.2 Å². The number of anilines is 1. The molecule has 0 radical (unpaired) electrons. The molecular formula is C9H12N4. The Hall–Kier alpha value is -1.55. The normalized spacial score (nSPS) is 10.5. The first-order valence-electron chi connectivity index (χ1n) is 4.27. The molecule has 0 fully saturated rings. The zero-order valence-electron chi connectivity index (χ0n) is 7.25. The number of aromatic amines is 1. The molecule has 2 rings (SSSR count). The van der Waals surface area contributed by atoms with Crippen molar-refractivity contribution in [3.8, 4) is 0 Å². The Morgan fingerprint density at radius 2 is 2.38 bits per heavy atom. The largest absolute Gasteiger partial charge is 0.384 e. The van der Waals surface area contributed by atoms with Crippen molar-refractivity contribution in [3.63, 3.8) is 0 Å². The van der Waals surface area contributed by atoms with Crippen LogP contribution < -0.4 is 11.1 Å². The predicted octanol–water partition coefficient (Wildman–Crippen LogP) is 0.933. The third-order valence-corrected chi connectivity index (χ3v) is 1.91. The Labute approximate surface area is 76.1 Å². The van der Waals surface area contributed by atoms with Gasteiger partial charge in [0.05, 0.1) is 11.7 Å². The van der Waals surface area contributed by atoms with Gasteiger partial charge in [-0.2, -0.15) is 5.10 Å². The van der Waals surface area contributed by atoms with Gasteiger partial charge in [0.1, 0.15) is 0 Å². The van der Waals surface area contributed by atoms with Crippen LogP contribution in [-0.4, -0.2) is 23.3 Å². The number of hydrogen-bond donors (Lipinski definition) is 3. The quantitative estimate of drug-likeness (QED) is 0.651. The van der Waals surface area contributed by atoms with E-state index in [-0.39, 0.29) is 0 Å². The summed E-state index contributed by atoms with van der Waals surface area (Å²) in [6, 6.07) is 6.06. The lowest BCUT2D eigenvalue weighted by Crippen LogP contribution is -2.12. The van der Waals surface area contributed by atoms with E-state index in [1.807, 2.05) is 18.3 Å². The van der Waals surface area contributed by atoms with Crippen LogP contribution in [0.15, 0.2) is 24.4 Å². The highest BCUT2D eigenvalue weighted by molar-refractivity contribution is 5.81. The Morgan fingerprint density at radius 1 is 1.46 bits per heavy atom. The van der Waals surface area contributed by atoms with Crippen molar-refractivity contribution in [1.82, 2.24) is 10.2 Å². The fraction of sp³-hybridized carbons (Fsp3) is 0.222. The van der Waals surface area contributed by atoms with Crippen LogP contribution in [0.5, 0.6) is 0 Å². The fourth-order valence-corrected chi connectivity index (χ4v) is 1.27. The summed E-state index contributed by atoms with van der Waals surface area (Å²) >= 11 is 0. The molecular weight excluding hydrogens is 164 g/mol. The molecule has 0 unspecified atom stereocenters. The number of H-pyrrole nitrogens is 1. The van der Waals surface area contributed by atoms with Crippen molar-refractivity contribution in [2.75, 3.05) is 18.4 Å². The van der Waals surface area contributed by atoms with Crippen molar-refractivity contribution >= 4 is 16.6 Å². The van der Waals surface area contributed by atoms with Crippen LogP contribution in [-0.2, 0) is 0 Å². The van der Waals surface area contributed by atoms with Crippen molar-refractivity contribution in [2.45, 2.75) is 0 Å². The van der Waals surface area contributed by atoms with Crippen molar-refractivity contribution < 1.29 is 0 Å². The Morgan fingerprint density at radius 3 is 3.23 bits per heavy atom. The minimum atomic E-state index is 0.642. The topological polar surface area (TPSA) is 66.7 Å². The molecule has 0 amide bonds. The molecule has 0 aliphatic heterocycles. The van der Waals surface area contributed by atoms with Gasteiger partial charge in [0.25, 0.3) is 0 Å². The van der Waals surface area contributed by atoms with E-state index in [1.54, 1.807) is 0 Å². The number of hydrogen-bond acceptors (Lipinski definition) is 3. The van der Waals surface area contributed by atoms with E-state index in [0.29, 0.717) is 6.54 Å². The van der Waals surface area contributed by atoms with Crippen molar-refractivity contribution in [2.24, 2.45) is 5.73 Å². The summed E-state index contributed by atoms with van der Waals surface area (Å²) in [4.78, 5) is 0. The summed E-state index contributed by atoms with van der Waals surface area (Å²) in [5.41, 5.74) is 7.52. The van der Waals surface area contributed by atoms with Gasteiger partial charge in [-0.25, -0.2) is 0 Å². The van der Waals surface area contributed by atoms with Gasteiger partial charge in [-0.1, -0.05) is 0 Å². The van der Waals surface area contributed by atoms with E-state index < -0.39 is 0 Å². The van der Waals surface area contributed by atoms with Crippen molar-refractivity contribution in [1.29, 1.82) is 0 Å². The van der Waals surface area contributed by atoms with Gasteiger partial charge in [0.2, 0.25) is 0 Å². The molecule has 0 aliphatic rings. The number of rotatable bonds is 3. The highest BCUT2D eigenvalue weighted by Gasteiger charge is 1.96. The summed E-state index contributed by atoms with van der Waals surface area (Å²) in [6.07, 6.45) is 1.81. The highest BCUT2D eigenvalue weighted by Crippen LogP contribution is 2.15. The van der Waals surface area contributed by atoms with E-state index in [4.69, 9.17) is 5.73 Å². The van der Waals surface area contributed by atoms with Crippen molar-refractivity contribution in [3.05, 3.63) is 24.4 Å². The van der Waals surface area contributed by atoms with Crippen LogP contribution in [0.25, 0.3) is 10.9 Å². The van der Waals surface area contributed by atoms with Crippen LogP contribution in [0.1, 0.15) is 0 Å². The molecule has 1 aromatic heterocycles. The fourth-order valence-electron chi connectivity index (χ4n) is 1.27. The van der Waals surface area contributed by atoms with E-state index in [1.165, 1.54) is 0 Å². The van der Waals surface area contributed by atoms with Gasteiger partial charge >= 0.3 is 0 Å². The lowest BCUT2D eigenvalue weighted by Gasteiger charge is -2.03. The molecule has 4 heteroatoms. The maximum absolute atomic E-state index is 5.39. The second kappa shape index (κ2) is 3.45. The Balaban J connectivity index is 2.26. The Bertz CT molecular complexity index is 393. The lowest BCUT2D eigenvalue weighted by atomic mass is 10.2. The molecule has 4 nitrogen and oxygen atoms in total. The minimum Gasteiger partial charge on any atom is -0.384 e. The molecule has 1 heterocycles. The van der Waals surface area contributed by atoms with Gasteiger partial charge in [-0.15, -0.1) is 0 Å². The minimum absolute atomic E-state index is 0.642. The third-order valence-electron chi connectivity index (χ3n) is 1.91. The zero-order valence-corrected chi connectivity index (χ0v) is 7.25. The summed E-state index contributed by atoms with van der Waals surface area (Å²) in [5, 5.41) is 11.2. The van der Waals surface area contributed by atoms with Gasteiger partial charge < -0.3 is 11.1 Å². The summed E-state index contributed by atoms with van der Waals surface area (Å²) in [6.45, 7) is 1.44. The average molecular weight is 176 g/mol. The van der Waals surface area contributed by atoms with Crippen LogP contribution in [0.4, 0.5) is 5.69 Å². The maximum atomic E-state index is 5.39. The van der Waals surface area contributed by atoms with Crippen LogP contribution >= 0.6 is 0 Å². The predicted molar refractivity (Wildman–Crippen MR) is 53.6 cm³/mol. The van der Waals surface area contributed by atoms with Crippen LogP contribution in [0.2, 0.25) is 0 Å². The number of aromatic nitrogens is 2. The second-order valence-corrected chi connectivity index (χ2v) is 2.89. The molecule has 13 heavy (non-hydrogen) atoms. The first-order chi connectivity index (χ1) is 6.40. The molecule has 0 bridgehead atoms. The molecule has 68 valence electrons. The molecule has 0 saturated carbocycles. The average Bonchev–Trinajstić information content (AvgIpc) is 2.61. The van der Waals surface area contributed by atoms with Crippen LogP contribution in [0.3, 0.4) is 0 Å². The molecule has 0 aliphatic carbocycles. The third kappa shape index (κ3) is 1.62. The number of fused-ring (bicyclic) bond motifs is 1. The summed E-state index contributed by atoms with van der Waals surface area (Å²) in [5.74, 6) is 0. The highest BCUT2D eigenvalue weighted by atomic mass is 15.1. The molecule has 4 N–H and O–H groups in total. The summed E-state index contributed by atoms with van der Waals surface area (Å²) < 4.78 is 0. The van der Waals surface area contributed by atoms with E-state index in [9.17, 15) is 0 Å². The monoisotopic (exact) mass is 176 g/mol. The molecule has 0 saturated heterocycles. The Kier molecular flexibility index (Phi) is 2.14. The van der Waals surface area contributed by atoms with Gasteiger partial charge in [-0.3, -0.25) is 5.10 Å². The number of benzene rings is 1. The van der Waals surface area contributed by atoms with Gasteiger partial charge in [-0.05, 0) is 18.2 Å². The smallest absolute Gasteiger partial charge is 0.0651 e. The second-order valence-electron chi connectivity index (χ2n) is 2.89. The van der Waals surface area contributed by atoms with E-state index in [0.717, 1.165) is 23.1 Å². The first kappa shape index (κ1) is 8.07. The van der Waals surface area contributed by atoms with E-state index in [2.05, 4.69) is 21.6 Å². The number of nitrogens with two attached hydrogens (primary N) is 1. The molecule has 0 spiro atoms. The molecule has 0 atom stereocenters. The first-order valence-corrected chi connectivity index (χ1v) is 4.27. The standard InChI is InChI=1S/C9H12N4/c10-3-4-11-8-1-2-9-7(5-8)6-12-13-9/h1-2,5-6,11H,3-4,10H2,(H,12,13). The number of nitrogens with one attached hydrogen (secondary N) is 2. The summed E-state index contributed by atoms with van der Waals surface area (Å²) in [7, 11) is 0. The van der Waals surface area contributed by atoms with Gasteiger partial charge in [0.15, 0.2) is 0 Å². The number of nitrogens with zero attached hydrogens (tertiary/aromatic N) is 1. The lowest BCUT2D eigenvalue weighted by molar-refractivity contribution is 1.02.